The summed E-state index contributed by atoms with van der Waals surface area (Å²) in [5.74, 6) is 1.06. The van der Waals surface area contributed by atoms with Crippen LogP contribution in [0.1, 0.15) is 12.7 Å². The molecule has 0 atom stereocenters. The second-order valence-electron chi connectivity index (χ2n) is 12.9. The second kappa shape index (κ2) is 11.3. The first-order chi connectivity index (χ1) is 24.8. The van der Waals surface area contributed by atoms with Gasteiger partial charge in [0, 0.05) is 50.3 Å². The van der Waals surface area contributed by atoms with Crippen molar-refractivity contribution in [3.63, 3.8) is 0 Å². The molecular formula is C46H32N4. The molecule has 0 aliphatic heterocycles. The van der Waals surface area contributed by atoms with Gasteiger partial charge in [-0.25, -0.2) is 9.97 Å². The summed E-state index contributed by atoms with van der Waals surface area (Å²) < 4.78 is 4.67. The van der Waals surface area contributed by atoms with Crippen LogP contribution in [0.5, 0.6) is 0 Å². The largest absolute Gasteiger partial charge is 0.309 e. The molecule has 0 N–H and O–H groups in total. The highest BCUT2D eigenvalue weighted by Crippen LogP contribution is 2.42. The number of rotatable bonds is 5. The summed E-state index contributed by atoms with van der Waals surface area (Å²) >= 11 is 0. The van der Waals surface area contributed by atoms with E-state index >= 15 is 0 Å². The summed E-state index contributed by atoms with van der Waals surface area (Å²) in [4.78, 5) is 10.2. The normalized spacial score (nSPS) is 11.8. The SMILES string of the molecule is CCc1nc2ccccc2n1-c1cccc(-c2ccc(-c3nc4ccccc4c4c3ccc3c4c4ccccc4n3-c3ccccc3)cc2)c1. The first-order valence-corrected chi connectivity index (χ1v) is 17.2. The molecule has 3 heterocycles. The molecule has 0 saturated carbocycles. The van der Waals surface area contributed by atoms with Gasteiger partial charge in [0.15, 0.2) is 0 Å². The highest BCUT2D eigenvalue weighted by atomic mass is 15.1. The van der Waals surface area contributed by atoms with Crippen molar-refractivity contribution in [2.75, 3.05) is 0 Å². The van der Waals surface area contributed by atoms with Crippen molar-refractivity contribution in [1.82, 2.24) is 19.1 Å². The molecule has 0 aliphatic rings. The van der Waals surface area contributed by atoms with Gasteiger partial charge in [0.05, 0.1) is 33.3 Å². The van der Waals surface area contributed by atoms with Crippen LogP contribution in [0.4, 0.5) is 0 Å². The molecule has 0 aliphatic carbocycles. The monoisotopic (exact) mass is 640 g/mol. The van der Waals surface area contributed by atoms with E-state index in [2.05, 4.69) is 180 Å². The minimum Gasteiger partial charge on any atom is -0.309 e. The first kappa shape index (κ1) is 28.5. The first-order valence-electron chi connectivity index (χ1n) is 17.2. The molecule has 0 saturated heterocycles. The Kier molecular flexibility index (Phi) is 6.43. The van der Waals surface area contributed by atoms with Crippen molar-refractivity contribution < 1.29 is 0 Å². The Hall–Kier alpha value is -6.52. The summed E-state index contributed by atoms with van der Waals surface area (Å²) in [6, 6.07) is 58.5. The average Bonchev–Trinajstić information content (AvgIpc) is 3.74. The third-order valence-electron chi connectivity index (χ3n) is 10.1. The van der Waals surface area contributed by atoms with Crippen molar-refractivity contribution in [1.29, 1.82) is 0 Å². The van der Waals surface area contributed by atoms with Gasteiger partial charge in [-0.05, 0) is 65.7 Å². The average molecular weight is 641 g/mol. The number of fused-ring (bicyclic) bond motifs is 8. The van der Waals surface area contributed by atoms with Gasteiger partial charge in [-0.1, -0.05) is 116 Å². The number of aryl methyl sites for hydroxylation is 1. The van der Waals surface area contributed by atoms with E-state index in [9.17, 15) is 0 Å². The molecule has 0 radical (unpaired) electrons. The van der Waals surface area contributed by atoms with Crippen LogP contribution in [0, 0.1) is 0 Å². The smallest absolute Gasteiger partial charge is 0.114 e. The maximum Gasteiger partial charge on any atom is 0.114 e. The molecule has 0 spiro atoms. The third-order valence-corrected chi connectivity index (χ3v) is 10.1. The van der Waals surface area contributed by atoms with E-state index < -0.39 is 0 Å². The third kappa shape index (κ3) is 4.32. The predicted molar refractivity (Wildman–Crippen MR) is 208 cm³/mol. The molecule has 0 unspecified atom stereocenters. The standard InChI is InChI=1S/C46H32N4/c1-2-43-47-39-20-9-11-22-41(39)50(43)34-16-12-13-32(29-34)30-23-25-31(26-24-30)46-37-27-28-42-45(44(37)35-17-6-8-19-38(35)48-46)36-18-7-10-21-40(36)49(42)33-14-4-3-5-15-33/h3-29H,2H2,1H3. The number of imidazole rings is 1. The van der Waals surface area contributed by atoms with Crippen LogP contribution in [-0.2, 0) is 6.42 Å². The van der Waals surface area contributed by atoms with E-state index in [1.54, 1.807) is 0 Å². The van der Waals surface area contributed by atoms with Crippen molar-refractivity contribution in [3.05, 3.63) is 170 Å². The van der Waals surface area contributed by atoms with Crippen molar-refractivity contribution >= 4 is 54.5 Å². The van der Waals surface area contributed by atoms with Crippen LogP contribution < -0.4 is 0 Å². The van der Waals surface area contributed by atoms with Crippen LogP contribution in [-0.4, -0.2) is 19.1 Å². The van der Waals surface area contributed by atoms with Gasteiger partial charge in [0.1, 0.15) is 5.82 Å². The maximum absolute atomic E-state index is 5.31. The topological polar surface area (TPSA) is 35.6 Å². The van der Waals surface area contributed by atoms with Crippen LogP contribution in [0.2, 0.25) is 0 Å². The Labute approximate surface area is 289 Å². The summed E-state index contributed by atoms with van der Waals surface area (Å²) in [6.45, 7) is 2.16. The number of pyridine rings is 1. The molecule has 7 aromatic carbocycles. The zero-order valence-corrected chi connectivity index (χ0v) is 27.6. The van der Waals surface area contributed by atoms with Gasteiger partial charge in [0.2, 0.25) is 0 Å². The summed E-state index contributed by atoms with van der Waals surface area (Å²) in [5, 5.41) is 6.06. The molecule has 10 aromatic rings. The Balaban J connectivity index is 1.15. The summed E-state index contributed by atoms with van der Waals surface area (Å²) in [7, 11) is 0. The van der Waals surface area contributed by atoms with Crippen LogP contribution in [0.25, 0.3) is 88.3 Å². The fourth-order valence-electron chi connectivity index (χ4n) is 7.82. The molecule has 0 fully saturated rings. The molecule has 236 valence electrons. The maximum atomic E-state index is 5.31. The van der Waals surface area contributed by atoms with E-state index in [-0.39, 0.29) is 0 Å². The zero-order chi connectivity index (χ0) is 33.2. The molecule has 4 nitrogen and oxygen atoms in total. The van der Waals surface area contributed by atoms with Gasteiger partial charge in [0.25, 0.3) is 0 Å². The zero-order valence-electron chi connectivity index (χ0n) is 27.6. The Morgan fingerprint density at radius 2 is 1.10 bits per heavy atom. The van der Waals surface area contributed by atoms with Gasteiger partial charge in [-0.3, -0.25) is 4.57 Å². The van der Waals surface area contributed by atoms with Crippen molar-refractivity contribution in [2.24, 2.45) is 0 Å². The van der Waals surface area contributed by atoms with Crippen molar-refractivity contribution in [2.45, 2.75) is 13.3 Å². The van der Waals surface area contributed by atoms with E-state index in [0.717, 1.165) is 62.4 Å². The van der Waals surface area contributed by atoms with Crippen LogP contribution >= 0.6 is 0 Å². The van der Waals surface area contributed by atoms with Gasteiger partial charge >= 0.3 is 0 Å². The molecular weight excluding hydrogens is 609 g/mol. The number of nitrogens with zero attached hydrogens (tertiary/aromatic N) is 4. The highest BCUT2D eigenvalue weighted by molar-refractivity contribution is 6.29. The minimum atomic E-state index is 0.861. The molecule has 3 aromatic heterocycles. The predicted octanol–water partition coefficient (Wildman–Crippen LogP) is 11.7. The highest BCUT2D eigenvalue weighted by Gasteiger charge is 2.19. The lowest BCUT2D eigenvalue weighted by Gasteiger charge is -2.13. The number of aromatic nitrogens is 4. The minimum absolute atomic E-state index is 0.861. The second-order valence-corrected chi connectivity index (χ2v) is 12.9. The lowest BCUT2D eigenvalue weighted by Crippen LogP contribution is -2.00. The van der Waals surface area contributed by atoms with Gasteiger partial charge in [-0.15, -0.1) is 0 Å². The number of benzene rings is 7. The lowest BCUT2D eigenvalue weighted by molar-refractivity contribution is 0.908. The quantitative estimate of drug-likeness (QED) is 0.176. The fourth-order valence-corrected chi connectivity index (χ4v) is 7.82. The van der Waals surface area contributed by atoms with Crippen molar-refractivity contribution in [3.8, 4) is 33.8 Å². The summed E-state index contributed by atoms with van der Waals surface area (Å²) in [6.07, 6.45) is 0.861. The molecule has 10 rings (SSSR count). The van der Waals surface area contributed by atoms with Gasteiger partial charge < -0.3 is 4.57 Å². The van der Waals surface area contributed by atoms with Crippen LogP contribution in [0.15, 0.2) is 164 Å². The van der Waals surface area contributed by atoms with Crippen LogP contribution in [0.3, 0.4) is 0 Å². The van der Waals surface area contributed by atoms with E-state index in [1.165, 1.54) is 38.1 Å². The Morgan fingerprint density at radius 3 is 1.92 bits per heavy atom. The summed E-state index contributed by atoms with van der Waals surface area (Å²) in [5.41, 5.74) is 12.2. The number of hydrogen-bond acceptors (Lipinski definition) is 2. The number of hydrogen-bond donors (Lipinski definition) is 0. The Morgan fingerprint density at radius 1 is 0.420 bits per heavy atom. The van der Waals surface area contributed by atoms with E-state index in [1.807, 2.05) is 0 Å². The Bertz CT molecular complexity index is 2900. The number of para-hydroxylation sites is 5. The van der Waals surface area contributed by atoms with E-state index in [0.29, 0.717) is 0 Å². The van der Waals surface area contributed by atoms with Gasteiger partial charge in [-0.2, -0.15) is 0 Å². The molecule has 4 heteroatoms. The lowest BCUT2D eigenvalue weighted by atomic mass is 9.95. The fraction of sp³-hybridized carbons (Fsp3) is 0.0435. The molecule has 0 bridgehead atoms. The molecule has 0 amide bonds. The van der Waals surface area contributed by atoms with E-state index in [4.69, 9.17) is 9.97 Å². The molecule has 50 heavy (non-hydrogen) atoms.